The minimum atomic E-state index is 0.167. The number of nitrogens with zero attached hydrogens (tertiary/aromatic N) is 1. The van der Waals surface area contributed by atoms with Gasteiger partial charge in [-0.15, -0.1) is 0 Å². The third kappa shape index (κ3) is 2.52. The fourth-order valence-electron chi connectivity index (χ4n) is 6.53. The summed E-state index contributed by atoms with van der Waals surface area (Å²) in [6.45, 7) is 5.58. The molecular formula is C18H30N2O. The van der Waals surface area contributed by atoms with Crippen LogP contribution in [0.1, 0.15) is 58.3 Å². The van der Waals surface area contributed by atoms with Crippen LogP contribution in [0.3, 0.4) is 0 Å². The van der Waals surface area contributed by atoms with Crippen molar-refractivity contribution in [2.24, 2.45) is 23.7 Å². The standard InChI is InChI=1S/C18H30N2O/c1-13(21)19-18-11-14-8-15(12-18)10-16(9-14)17(18)4-7-20-5-2-3-6-20/h14-17H,2-12H2,1H3,(H,19,21). The van der Waals surface area contributed by atoms with Gasteiger partial charge >= 0.3 is 0 Å². The first kappa shape index (κ1) is 14.0. The van der Waals surface area contributed by atoms with Crippen molar-refractivity contribution in [3.8, 4) is 0 Å². The average Bonchev–Trinajstić information content (AvgIpc) is 2.88. The average molecular weight is 290 g/mol. The molecule has 0 aromatic heterocycles. The molecule has 4 aliphatic carbocycles. The number of rotatable bonds is 4. The van der Waals surface area contributed by atoms with Crippen LogP contribution < -0.4 is 5.32 Å². The van der Waals surface area contributed by atoms with E-state index in [1.807, 2.05) is 0 Å². The molecule has 0 radical (unpaired) electrons. The highest BCUT2D eigenvalue weighted by Crippen LogP contribution is 2.59. The van der Waals surface area contributed by atoms with Gasteiger partial charge in [0.1, 0.15) is 0 Å². The van der Waals surface area contributed by atoms with Crippen molar-refractivity contribution in [2.75, 3.05) is 19.6 Å². The normalized spacial score (nSPS) is 45.2. The fourth-order valence-corrected chi connectivity index (χ4v) is 6.53. The fraction of sp³-hybridized carbons (Fsp3) is 0.944. The Morgan fingerprint density at radius 2 is 1.81 bits per heavy atom. The summed E-state index contributed by atoms with van der Waals surface area (Å²) in [4.78, 5) is 14.5. The Kier molecular flexibility index (Phi) is 3.52. The van der Waals surface area contributed by atoms with Gasteiger partial charge in [0.15, 0.2) is 0 Å². The lowest BCUT2D eigenvalue weighted by molar-refractivity contribution is -0.130. The van der Waals surface area contributed by atoms with Crippen LogP contribution in [0, 0.1) is 23.7 Å². The Bertz CT molecular complexity index is 401. The Morgan fingerprint density at radius 3 is 2.43 bits per heavy atom. The number of carbonyl (C=O) groups excluding carboxylic acids is 1. The maximum atomic E-state index is 11.8. The van der Waals surface area contributed by atoms with Gasteiger partial charge in [-0.25, -0.2) is 0 Å². The lowest BCUT2D eigenvalue weighted by atomic mass is 9.47. The van der Waals surface area contributed by atoms with Crippen LogP contribution in [0.2, 0.25) is 0 Å². The topological polar surface area (TPSA) is 32.3 Å². The zero-order valence-electron chi connectivity index (χ0n) is 13.4. The molecular weight excluding hydrogens is 260 g/mol. The van der Waals surface area contributed by atoms with Crippen LogP contribution in [0.15, 0.2) is 0 Å². The maximum Gasteiger partial charge on any atom is 0.217 e. The molecule has 4 bridgehead atoms. The predicted molar refractivity (Wildman–Crippen MR) is 83.9 cm³/mol. The van der Waals surface area contributed by atoms with E-state index in [-0.39, 0.29) is 11.4 Å². The van der Waals surface area contributed by atoms with Crippen molar-refractivity contribution in [2.45, 2.75) is 63.8 Å². The van der Waals surface area contributed by atoms with Gasteiger partial charge in [0.25, 0.3) is 0 Å². The van der Waals surface area contributed by atoms with E-state index >= 15 is 0 Å². The number of amides is 1. The molecule has 4 saturated carbocycles. The number of carbonyl (C=O) groups is 1. The quantitative estimate of drug-likeness (QED) is 0.863. The van der Waals surface area contributed by atoms with E-state index < -0.39 is 0 Å². The molecule has 5 fully saturated rings. The second-order valence-corrected chi connectivity index (χ2v) is 8.39. The second-order valence-electron chi connectivity index (χ2n) is 8.39. The first-order valence-corrected chi connectivity index (χ1v) is 9.16. The summed E-state index contributed by atoms with van der Waals surface area (Å²) in [6, 6.07) is 0. The Hall–Kier alpha value is -0.570. The summed E-state index contributed by atoms with van der Waals surface area (Å²) in [7, 11) is 0. The van der Waals surface area contributed by atoms with Crippen LogP contribution >= 0.6 is 0 Å². The highest BCUT2D eigenvalue weighted by molar-refractivity contribution is 5.74. The highest BCUT2D eigenvalue weighted by Gasteiger charge is 2.56. The zero-order valence-corrected chi connectivity index (χ0v) is 13.4. The van der Waals surface area contributed by atoms with E-state index in [4.69, 9.17) is 0 Å². The minimum Gasteiger partial charge on any atom is -0.351 e. The van der Waals surface area contributed by atoms with Crippen LogP contribution in [0.25, 0.3) is 0 Å². The van der Waals surface area contributed by atoms with Crippen LogP contribution in [0.5, 0.6) is 0 Å². The first-order valence-electron chi connectivity index (χ1n) is 9.16. The largest absolute Gasteiger partial charge is 0.351 e. The van der Waals surface area contributed by atoms with E-state index in [9.17, 15) is 4.79 Å². The van der Waals surface area contributed by atoms with Gasteiger partial charge < -0.3 is 10.2 Å². The number of nitrogens with one attached hydrogen (secondary N) is 1. The Labute approximate surface area is 128 Å². The summed E-state index contributed by atoms with van der Waals surface area (Å²) in [5, 5.41) is 3.46. The van der Waals surface area contributed by atoms with Crippen molar-refractivity contribution in [1.82, 2.24) is 10.2 Å². The molecule has 21 heavy (non-hydrogen) atoms. The first-order chi connectivity index (χ1) is 10.1. The molecule has 1 amide bonds. The van der Waals surface area contributed by atoms with Gasteiger partial charge in [0.05, 0.1) is 0 Å². The molecule has 0 aromatic carbocycles. The summed E-state index contributed by atoms with van der Waals surface area (Å²) in [5.41, 5.74) is 0.167. The molecule has 3 nitrogen and oxygen atoms in total. The smallest absolute Gasteiger partial charge is 0.217 e. The molecule has 5 aliphatic rings. The zero-order chi connectivity index (χ0) is 14.4. The molecule has 1 aliphatic heterocycles. The molecule has 3 atom stereocenters. The Balaban J connectivity index is 1.50. The van der Waals surface area contributed by atoms with Crippen molar-refractivity contribution in [3.05, 3.63) is 0 Å². The van der Waals surface area contributed by atoms with Gasteiger partial charge in [-0.05, 0) is 94.7 Å². The molecule has 3 unspecified atom stereocenters. The van der Waals surface area contributed by atoms with Crippen molar-refractivity contribution in [3.63, 3.8) is 0 Å². The molecule has 0 spiro atoms. The summed E-state index contributed by atoms with van der Waals surface area (Å²) >= 11 is 0. The molecule has 1 heterocycles. The van der Waals surface area contributed by atoms with Gasteiger partial charge in [0.2, 0.25) is 5.91 Å². The van der Waals surface area contributed by atoms with Gasteiger partial charge in [-0.2, -0.15) is 0 Å². The molecule has 118 valence electrons. The summed E-state index contributed by atoms with van der Waals surface area (Å²) < 4.78 is 0. The van der Waals surface area contributed by atoms with Crippen molar-refractivity contribution < 1.29 is 4.79 Å². The SMILES string of the molecule is CC(=O)NC12CC3CC(CC(C3)C1CCN1CCCC1)C2. The van der Waals surface area contributed by atoms with E-state index in [0.717, 1.165) is 23.7 Å². The van der Waals surface area contributed by atoms with Gasteiger partial charge in [-0.1, -0.05) is 0 Å². The Morgan fingerprint density at radius 1 is 1.14 bits per heavy atom. The molecule has 5 rings (SSSR count). The van der Waals surface area contributed by atoms with Crippen molar-refractivity contribution >= 4 is 5.91 Å². The maximum absolute atomic E-state index is 11.8. The predicted octanol–water partition coefficient (Wildman–Crippen LogP) is 2.80. The molecule has 3 heteroatoms. The molecule has 1 N–H and O–H groups in total. The summed E-state index contributed by atoms with van der Waals surface area (Å²) in [5.74, 6) is 3.64. The van der Waals surface area contributed by atoms with Gasteiger partial charge in [0, 0.05) is 12.5 Å². The van der Waals surface area contributed by atoms with E-state index in [1.165, 1.54) is 71.0 Å². The second kappa shape index (κ2) is 5.26. The van der Waals surface area contributed by atoms with Gasteiger partial charge in [-0.3, -0.25) is 4.79 Å². The highest BCUT2D eigenvalue weighted by atomic mass is 16.1. The van der Waals surface area contributed by atoms with E-state index in [2.05, 4.69) is 10.2 Å². The molecule has 1 saturated heterocycles. The number of hydrogen-bond acceptors (Lipinski definition) is 2. The van der Waals surface area contributed by atoms with Crippen molar-refractivity contribution in [1.29, 1.82) is 0 Å². The summed E-state index contributed by atoms with van der Waals surface area (Å²) in [6.07, 6.45) is 10.9. The third-order valence-corrected chi connectivity index (χ3v) is 6.90. The van der Waals surface area contributed by atoms with E-state index in [0.29, 0.717) is 0 Å². The molecule has 0 aromatic rings. The number of hydrogen-bond donors (Lipinski definition) is 1. The van der Waals surface area contributed by atoms with E-state index in [1.54, 1.807) is 6.92 Å². The third-order valence-electron chi connectivity index (χ3n) is 6.90. The van der Waals surface area contributed by atoms with Crippen LogP contribution in [-0.2, 0) is 4.79 Å². The lowest BCUT2D eigenvalue weighted by Gasteiger charge is -2.61. The minimum absolute atomic E-state index is 0.167. The number of likely N-dealkylation sites (tertiary alicyclic amines) is 1. The monoisotopic (exact) mass is 290 g/mol. The lowest BCUT2D eigenvalue weighted by Crippen LogP contribution is -2.65. The van der Waals surface area contributed by atoms with Crippen LogP contribution in [0.4, 0.5) is 0 Å². The van der Waals surface area contributed by atoms with Crippen LogP contribution in [-0.4, -0.2) is 36.0 Å².